The quantitative estimate of drug-likeness (QED) is 0.866. The minimum atomic E-state index is 0.428. The second-order valence-electron chi connectivity index (χ2n) is 5.00. The monoisotopic (exact) mass is 248 g/mol. The minimum Gasteiger partial charge on any atom is -0.384 e. The van der Waals surface area contributed by atoms with E-state index in [1.807, 2.05) is 0 Å². The maximum absolute atomic E-state index is 5.68. The van der Waals surface area contributed by atoms with Crippen LogP contribution in [0.3, 0.4) is 0 Å². The number of hydrogen-bond acceptors (Lipinski definition) is 3. The normalized spacial score (nSPS) is 20.9. The highest BCUT2D eigenvalue weighted by Gasteiger charge is 2.17. The van der Waals surface area contributed by atoms with Crippen molar-refractivity contribution in [3.8, 4) is 0 Å². The van der Waals surface area contributed by atoms with Crippen LogP contribution in [0.25, 0.3) is 0 Å². The summed E-state index contributed by atoms with van der Waals surface area (Å²) in [5.41, 5.74) is 2.52. The first-order chi connectivity index (χ1) is 8.78. The first kappa shape index (κ1) is 13.4. The molecular formula is C15H24N2O. The van der Waals surface area contributed by atoms with Crippen molar-refractivity contribution < 1.29 is 4.74 Å². The molecule has 0 radical (unpaired) electrons. The van der Waals surface area contributed by atoms with Gasteiger partial charge in [0, 0.05) is 31.9 Å². The van der Waals surface area contributed by atoms with Crippen LogP contribution in [0.4, 0.5) is 5.69 Å². The average Bonchev–Trinajstić information content (AvgIpc) is 2.39. The summed E-state index contributed by atoms with van der Waals surface area (Å²) in [7, 11) is 0. The average molecular weight is 248 g/mol. The van der Waals surface area contributed by atoms with Crippen molar-refractivity contribution in [2.45, 2.75) is 26.4 Å². The van der Waals surface area contributed by atoms with Crippen molar-refractivity contribution in [2.75, 3.05) is 38.1 Å². The lowest BCUT2D eigenvalue weighted by atomic mass is 10.2. The zero-order chi connectivity index (χ0) is 12.8. The van der Waals surface area contributed by atoms with Gasteiger partial charge in [-0.1, -0.05) is 19.1 Å². The van der Waals surface area contributed by atoms with Gasteiger partial charge in [0.15, 0.2) is 0 Å². The Morgan fingerprint density at radius 2 is 2.33 bits per heavy atom. The highest BCUT2D eigenvalue weighted by molar-refractivity contribution is 5.45. The molecular weight excluding hydrogens is 224 g/mol. The molecule has 0 spiro atoms. The summed E-state index contributed by atoms with van der Waals surface area (Å²) in [6.45, 7) is 9.42. The SMILES string of the molecule is CCC1CN(CCNc2cccc(C)c2)CCO1. The standard InChI is InChI=1S/C15H24N2O/c1-3-15-12-17(9-10-18-15)8-7-16-14-6-4-5-13(2)11-14/h4-6,11,15-16H,3,7-10,12H2,1-2H3. The van der Waals surface area contributed by atoms with E-state index >= 15 is 0 Å². The zero-order valence-corrected chi connectivity index (χ0v) is 11.5. The fraction of sp³-hybridized carbons (Fsp3) is 0.600. The Hall–Kier alpha value is -1.06. The van der Waals surface area contributed by atoms with Crippen molar-refractivity contribution in [1.29, 1.82) is 0 Å². The molecule has 1 heterocycles. The predicted molar refractivity (Wildman–Crippen MR) is 76.1 cm³/mol. The van der Waals surface area contributed by atoms with Crippen LogP contribution in [-0.2, 0) is 4.74 Å². The highest BCUT2D eigenvalue weighted by Crippen LogP contribution is 2.10. The van der Waals surface area contributed by atoms with E-state index in [2.05, 4.69) is 48.3 Å². The van der Waals surface area contributed by atoms with Crippen LogP contribution in [0.2, 0.25) is 0 Å². The molecule has 1 aliphatic heterocycles. The molecule has 1 atom stereocenters. The Kier molecular flexibility index (Phi) is 5.02. The van der Waals surface area contributed by atoms with Crippen LogP contribution >= 0.6 is 0 Å². The number of hydrogen-bond donors (Lipinski definition) is 1. The van der Waals surface area contributed by atoms with E-state index < -0.39 is 0 Å². The van der Waals surface area contributed by atoms with Crippen LogP contribution in [-0.4, -0.2) is 43.8 Å². The lowest BCUT2D eigenvalue weighted by Crippen LogP contribution is -2.43. The molecule has 3 nitrogen and oxygen atoms in total. The molecule has 0 saturated carbocycles. The summed E-state index contributed by atoms with van der Waals surface area (Å²) >= 11 is 0. The fourth-order valence-corrected chi connectivity index (χ4v) is 2.34. The Morgan fingerprint density at radius 1 is 1.44 bits per heavy atom. The molecule has 1 aromatic carbocycles. The van der Waals surface area contributed by atoms with Gasteiger partial charge in [0.1, 0.15) is 0 Å². The second kappa shape index (κ2) is 6.76. The van der Waals surface area contributed by atoms with Gasteiger partial charge < -0.3 is 10.1 Å². The third-order valence-corrected chi connectivity index (χ3v) is 3.45. The van der Waals surface area contributed by atoms with Crippen molar-refractivity contribution >= 4 is 5.69 Å². The number of ether oxygens (including phenoxy) is 1. The van der Waals surface area contributed by atoms with E-state index in [0.717, 1.165) is 39.2 Å². The van der Waals surface area contributed by atoms with E-state index in [4.69, 9.17) is 4.74 Å². The Balaban J connectivity index is 1.72. The van der Waals surface area contributed by atoms with E-state index in [0.29, 0.717) is 6.10 Å². The van der Waals surface area contributed by atoms with E-state index in [1.165, 1.54) is 11.3 Å². The fourth-order valence-electron chi connectivity index (χ4n) is 2.34. The van der Waals surface area contributed by atoms with Crippen molar-refractivity contribution in [2.24, 2.45) is 0 Å². The number of nitrogens with zero attached hydrogens (tertiary/aromatic N) is 1. The number of aryl methyl sites for hydroxylation is 1. The summed E-state index contributed by atoms with van der Waals surface area (Å²) in [5, 5.41) is 3.48. The van der Waals surface area contributed by atoms with E-state index in [9.17, 15) is 0 Å². The summed E-state index contributed by atoms with van der Waals surface area (Å²) in [6, 6.07) is 8.54. The van der Waals surface area contributed by atoms with E-state index in [1.54, 1.807) is 0 Å². The second-order valence-corrected chi connectivity index (χ2v) is 5.00. The van der Waals surface area contributed by atoms with Gasteiger partial charge in [0.2, 0.25) is 0 Å². The first-order valence-electron chi connectivity index (χ1n) is 6.92. The predicted octanol–water partition coefficient (Wildman–Crippen LogP) is 2.52. The molecule has 0 amide bonds. The van der Waals surface area contributed by atoms with Crippen molar-refractivity contribution in [3.63, 3.8) is 0 Å². The Morgan fingerprint density at radius 3 is 3.11 bits per heavy atom. The number of benzene rings is 1. The maximum atomic E-state index is 5.68. The van der Waals surface area contributed by atoms with Gasteiger partial charge in [-0.15, -0.1) is 0 Å². The topological polar surface area (TPSA) is 24.5 Å². The molecule has 0 aromatic heterocycles. The molecule has 1 aliphatic rings. The Labute approximate surface area is 110 Å². The van der Waals surface area contributed by atoms with Gasteiger partial charge in [-0.05, 0) is 31.0 Å². The third-order valence-electron chi connectivity index (χ3n) is 3.45. The third kappa shape index (κ3) is 4.00. The molecule has 3 heteroatoms. The van der Waals surface area contributed by atoms with Crippen molar-refractivity contribution in [3.05, 3.63) is 29.8 Å². The summed E-state index contributed by atoms with van der Waals surface area (Å²) in [6.07, 6.45) is 1.54. The van der Waals surface area contributed by atoms with Gasteiger partial charge in [0.25, 0.3) is 0 Å². The smallest absolute Gasteiger partial charge is 0.0700 e. The summed E-state index contributed by atoms with van der Waals surface area (Å²) < 4.78 is 5.68. The van der Waals surface area contributed by atoms with Crippen LogP contribution < -0.4 is 5.32 Å². The molecule has 100 valence electrons. The Bertz CT molecular complexity index is 367. The molecule has 1 unspecified atom stereocenters. The lowest BCUT2D eigenvalue weighted by Gasteiger charge is -2.32. The summed E-state index contributed by atoms with van der Waals surface area (Å²) in [4.78, 5) is 2.49. The lowest BCUT2D eigenvalue weighted by molar-refractivity contribution is -0.0282. The van der Waals surface area contributed by atoms with Crippen LogP contribution in [0.15, 0.2) is 24.3 Å². The largest absolute Gasteiger partial charge is 0.384 e. The number of rotatable bonds is 5. The maximum Gasteiger partial charge on any atom is 0.0700 e. The van der Waals surface area contributed by atoms with Crippen LogP contribution in [0, 0.1) is 6.92 Å². The first-order valence-corrected chi connectivity index (χ1v) is 6.92. The molecule has 0 bridgehead atoms. The molecule has 0 aliphatic carbocycles. The number of anilines is 1. The molecule has 1 aromatic rings. The minimum absolute atomic E-state index is 0.428. The molecule has 2 rings (SSSR count). The van der Waals surface area contributed by atoms with Crippen LogP contribution in [0.5, 0.6) is 0 Å². The van der Waals surface area contributed by atoms with Crippen LogP contribution in [0.1, 0.15) is 18.9 Å². The molecule has 1 fully saturated rings. The molecule has 1 saturated heterocycles. The van der Waals surface area contributed by atoms with Gasteiger partial charge in [-0.25, -0.2) is 0 Å². The number of morpholine rings is 1. The highest BCUT2D eigenvalue weighted by atomic mass is 16.5. The molecule has 1 N–H and O–H groups in total. The van der Waals surface area contributed by atoms with Gasteiger partial charge in [-0.2, -0.15) is 0 Å². The van der Waals surface area contributed by atoms with Gasteiger partial charge in [0.05, 0.1) is 12.7 Å². The van der Waals surface area contributed by atoms with Gasteiger partial charge in [-0.3, -0.25) is 4.90 Å². The van der Waals surface area contributed by atoms with Crippen molar-refractivity contribution in [1.82, 2.24) is 4.90 Å². The van der Waals surface area contributed by atoms with Gasteiger partial charge >= 0.3 is 0 Å². The zero-order valence-electron chi connectivity index (χ0n) is 11.5. The summed E-state index contributed by atoms with van der Waals surface area (Å²) in [5.74, 6) is 0. The number of nitrogens with one attached hydrogen (secondary N) is 1. The van der Waals surface area contributed by atoms with E-state index in [-0.39, 0.29) is 0 Å². The molecule has 18 heavy (non-hydrogen) atoms.